The Hall–Kier alpha value is -2.65. The SMILES string of the molecule is CCOc1ccc(CCCNS(=O)(=O)c2ccc3c(c2)sc(=O)n3Cc2ccc(Cl)cc2)cc1. The summed E-state index contributed by atoms with van der Waals surface area (Å²) in [5, 5.41) is 0.633. The van der Waals surface area contributed by atoms with Crippen LogP contribution in [0.4, 0.5) is 0 Å². The Morgan fingerprint density at radius 2 is 1.71 bits per heavy atom. The summed E-state index contributed by atoms with van der Waals surface area (Å²) in [6.45, 7) is 3.28. The summed E-state index contributed by atoms with van der Waals surface area (Å²) in [6, 6.07) is 19.9. The maximum atomic E-state index is 12.8. The average molecular weight is 517 g/mol. The topological polar surface area (TPSA) is 77.4 Å². The lowest BCUT2D eigenvalue weighted by Crippen LogP contribution is -2.25. The van der Waals surface area contributed by atoms with Crippen molar-refractivity contribution in [1.82, 2.24) is 9.29 Å². The second-order valence-corrected chi connectivity index (χ2v) is 11.0. The summed E-state index contributed by atoms with van der Waals surface area (Å²) in [7, 11) is -3.68. The summed E-state index contributed by atoms with van der Waals surface area (Å²) in [6.07, 6.45) is 1.42. The van der Waals surface area contributed by atoms with Crippen LogP contribution in [-0.2, 0) is 23.0 Å². The molecule has 0 saturated carbocycles. The molecule has 3 aromatic carbocycles. The van der Waals surface area contributed by atoms with Crippen LogP contribution in [-0.4, -0.2) is 26.1 Å². The first kappa shape index (κ1) is 24.5. The fourth-order valence-corrected chi connectivity index (χ4v) is 5.87. The molecule has 1 N–H and O–H groups in total. The molecule has 0 aliphatic rings. The molecule has 9 heteroatoms. The lowest BCUT2D eigenvalue weighted by Gasteiger charge is -2.08. The van der Waals surface area contributed by atoms with Gasteiger partial charge in [-0.3, -0.25) is 9.36 Å². The van der Waals surface area contributed by atoms with Crippen LogP contribution in [0.1, 0.15) is 24.5 Å². The van der Waals surface area contributed by atoms with Gasteiger partial charge >= 0.3 is 4.87 Å². The van der Waals surface area contributed by atoms with E-state index in [2.05, 4.69) is 4.72 Å². The monoisotopic (exact) mass is 516 g/mol. The number of fused-ring (bicyclic) bond motifs is 1. The molecule has 34 heavy (non-hydrogen) atoms. The highest BCUT2D eigenvalue weighted by Crippen LogP contribution is 2.23. The highest BCUT2D eigenvalue weighted by molar-refractivity contribution is 7.89. The van der Waals surface area contributed by atoms with Gasteiger partial charge in [-0.25, -0.2) is 13.1 Å². The van der Waals surface area contributed by atoms with Gasteiger partial charge in [0.25, 0.3) is 0 Å². The minimum absolute atomic E-state index is 0.136. The number of hydrogen-bond acceptors (Lipinski definition) is 5. The first-order chi connectivity index (χ1) is 16.4. The van der Waals surface area contributed by atoms with Crippen molar-refractivity contribution in [3.8, 4) is 5.75 Å². The van der Waals surface area contributed by atoms with Crippen molar-refractivity contribution in [2.75, 3.05) is 13.2 Å². The molecule has 0 unspecified atom stereocenters. The van der Waals surface area contributed by atoms with Gasteiger partial charge in [0.05, 0.1) is 28.3 Å². The van der Waals surface area contributed by atoms with E-state index >= 15 is 0 Å². The van der Waals surface area contributed by atoms with E-state index in [1.165, 1.54) is 0 Å². The van der Waals surface area contributed by atoms with Crippen LogP contribution in [0.2, 0.25) is 5.02 Å². The van der Waals surface area contributed by atoms with E-state index in [9.17, 15) is 13.2 Å². The van der Waals surface area contributed by atoms with Crippen molar-refractivity contribution >= 4 is 43.2 Å². The third-order valence-corrected chi connectivity index (χ3v) is 8.03. The number of nitrogens with zero attached hydrogens (tertiary/aromatic N) is 1. The molecule has 0 atom stereocenters. The third kappa shape index (κ3) is 5.88. The third-order valence-electron chi connectivity index (χ3n) is 5.37. The largest absolute Gasteiger partial charge is 0.494 e. The first-order valence-electron chi connectivity index (χ1n) is 10.9. The molecule has 4 rings (SSSR count). The minimum Gasteiger partial charge on any atom is -0.494 e. The Balaban J connectivity index is 1.41. The number of aromatic nitrogens is 1. The van der Waals surface area contributed by atoms with Crippen molar-refractivity contribution in [2.24, 2.45) is 0 Å². The van der Waals surface area contributed by atoms with Crippen molar-refractivity contribution < 1.29 is 13.2 Å². The number of ether oxygens (including phenoxy) is 1. The zero-order valence-corrected chi connectivity index (χ0v) is 21.0. The van der Waals surface area contributed by atoms with Crippen LogP contribution >= 0.6 is 22.9 Å². The van der Waals surface area contributed by atoms with Gasteiger partial charge in [0.2, 0.25) is 10.0 Å². The number of sulfonamides is 1. The van der Waals surface area contributed by atoms with Gasteiger partial charge in [-0.2, -0.15) is 0 Å². The maximum Gasteiger partial charge on any atom is 0.308 e. The molecule has 1 heterocycles. The van der Waals surface area contributed by atoms with Crippen LogP contribution < -0.4 is 14.3 Å². The molecule has 6 nitrogen and oxygen atoms in total. The molecule has 0 aliphatic heterocycles. The maximum absolute atomic E-state index is 12.8. The molecule has 0 radical (unpaired) electrons. The summed E-state index contributed by atoms with van der Waals surface area (Å²) in [5.41, 5.74) is 2.77. The van der Waals surface area contributed by atoms with Gasteiger partial charge in [0.1, 0.15) is 5.75 Å². The van der Waals surface area contributed by atoms with Crippen molar-refractivity contribution in [2.45, 2.75) is 31.2 Å². The van der Waals surface area contributed by atoms with Crippen molar-refractivity contribution in [3.05, 3.63) is 92.5 Å². The van der Waals surface area contributed by atoms with E-state index in [0.717, 1.165) is 34.6 Å². The highest BCUT2D eigenvalue weighted by atomic mass is 35.5. The van der Waals surface area contributed by atoms with Gasteiger partial charge in [-0.05, 0) is 73.4 Å². The average Bonchev–Trinajstić information content (AvgIpc) is 3.13. The molecule has 4 aromatic rings. The number of aryl methyl sites for hydroxylation is 1. The van der Waals surface area contributed by atoms with Crippen molar-refractivity contribution in [3.63, 3.8) is 0 Å². The number of rotatable bonds is 10. The Morgan fingerprint density at radius 3 is 2.41 bits per heavy atom. The summed E-state index contributed by atoms with van der Waals surface area (Å²) < 4.78 is 36.0. The van der Waals surface area contributed by atoms with E-state index in [4.69, 9.17) is 16.3 Å². The van der Waals surface area contributed by atoms with Crippen molar-refractivity contribution in [1.29, 1.82) is 0 Å². The summed E-state index contributed by atoms with van der Waals surface area (Å²) >= 11 is 6.98. The standard InChI is InChI=1S/C25H25ClN2O4S2/c1-2-32-21-11-7-18(8-12-21)4-3-15-27-34(30,31)22-13-14-23-24(16-22)33-25(29)28(23)17-19-5-9-20(26)10-6-19/h5-14,16,27H,2-4,15,17H2,1H3. The smallest absolute Gasteiger partial charge is 0.308 e. The second kappa shape index (κ2) is 10.7. The van der Waals surface area contributed by atoms with Gasteiger partial charge in [-0.15, -0.1) is 0 Å². The fourth-order valence-electron chi connectivity index (χ4n) is 3.64. The molecule has 0 aliphatic carbocycles. The van der Waals surface area contributed by atoms with E-state index in [-0.39, 0.29) is 9.77 Å². The molecular weight excluding hydrogens is 492 g/mol. The van der Waals surface area contributed by atoms with Crippen LogP contribution in [0.5, 0.6) is 5.75 Å². The van der Waals surface area contributed by atoms with E-state index in [1.54, 1.807) is 34.9 Å². The zero-order chi connectivity index (χ0) is 24.1. The van der Waals surface area contributed by atoms with Gasteiger partial charge in [0.15, 0.2) is 0 Å². The van der Waals surface area contributed by atoms with Crippen LogP contribution in [0.15, 0.2) is 76.4 Å². The number of thiazole rings is 1. The van der Waals surface area contributed by atoms with E-state index in [0.29, 0.717) is 41.4 Å². The molecule has 1 aromatic heterocycles. The first-order valence-corrected chi connectivity index (χ1v) is 13.6. The Labute approximate surface area is 207 Å². The van der Waals surface area contributed by atoms with E-state index < -0.39 is 10.0 Å². The van der Waals surface area contributed by atoms with Gasteiger partial charge in [-0.1, -0.05) is 47.2 Å². The molecular formula is C25H25ClN2O4S2. The number of benzene rings is 3. The Kier molecular flexibility index (Phi) is 7.73. The number of nitrogens with one attached hydrogen (secondary N) is 1. The predicted molar refractivity (Wildman–Crippen MR) is 138 cm³/mol. The Morgan fingerprint density at radius 1 is 1.00 bits per heavy atom. The quantitative estimate of drug-likeness (QED) is 0.298. The Bertz CT molecular complexity index is 1430. The van der Waals surface area contributed by atoms with Crippen LogP contribution in [0.3, 0.4) is 0 Å². The van der Waals surface area contributed by atoms with E-state index in [1.807, 2.05) is 43.3 Å². The predicted octanol–water partition coefficient (Wildman–Crippen LogP) is 5.07. The number of hydrogen-bond donors (Lipinski definition) is 1. The van der Waals surface area contributed by atoms with Crippen LogP contribution in [0, 0.1) is 0 Å². The molecule has 0 bridgehead atoms. The fraction of sp³-hybridized carbons (Fsp3) is 0.240. The zero-order valence-electron chi connectivity index (χ0n) is 18.7. The lowest BCUT2D eigenvalue weighted by molar-refractivity contribution is 0.340. The minimum atomic E-state index is -3.68. The molecule has 178 valence electrons. The molecule has 0 fully saturated rings. The van der Waals surface area contributed by atoms with Gasteiger partial charge in [0, 0.05) is 11.6 Å². The second-order valence-electron chi connectivity index (χ2n) is 7.79. The highest BCUT2D eigenvalue weighted by Gasteiger charge is 2.16. The molecule has 0 saturated heterocycles. The summed E-state index contributed by atoms with van der Waals surface area (Å²) in [5.74, 6) is 0.826. The molecule has 0 amide bonds. The number of halogens is 1. The van der Waals surface area contributed by atoms with Crippen LogP contribution in [0.25, 0.3) is 10.2 Å². The molecule has 0 spiro atoms. The normalized spacial score (nSPS) is 11.7. The summed E-state index contributed by atoms with van der Waals surface area (Å²) in [4.78, 5) is 12.6. The lowest BCUT2D eigenvalue weighted by atomic mass is 10.1. The van der Waals surface area contributed by atoms with Gasteiger partial charge < -0.3 is 4.74 Å².